The molecule has 0 aromatic carbocycles. The number of hydrogen-bond donors (Lipinski definition) is 1. The van der Waals surface area contributed by atoms with Crippen LogP contribution in [0.1, 0.15) is 40.7 Å². The van der Waals surface area contributed by atoms with Crippen LogP contribution < -0.4 is 0 Å². The molecule has 16 heavy (non-hydrogen) atoms. The second kappa shape index (κ2) is 4.22. The number of aliphatic hydroxyl groups is 1. The quantitative estimate of drug-likeness (QED) is 0.855. The van der Waals surface area contributed by atoms with Gasteiger partial charge in [-0.25, -0.2) is 0 Å². The van der Waals surface area contributed by atoms with Crippen molar-refractivity contribution >= 4 is 11.3 Å². The predicted octanol–water partition coefficient (Wildman–Crippen LogP) is 2.96. The smallest absolute Gasteiger partial charge is 0.145 e. The summed E-state index contributed by atoms with van der Waals surface area (Å²) in [7, 11) is 0. The van der Waals surface area contributed by atoms with Crippen LogP contribution >= 0.6 is 11.3 Å². The highest BCUT2D eigenvalue weighted by Crippen LogP contribution is 2.36. The maximum atomic E-state index is 10.2. The molecule has 2 aliphatic rings. The third-order valence-electron chi connectivity index (χ3n) is 3.29. The van der Waals surface area contributed by atoms with E-state index < -0.39 is 6.10 Å². The second-order valence-electron chi connectivity index (χ2n) is 4.45. The number of thiophene rings is 1. The maximum absolute atomic E-state index is 10.2. The number of fused-ring (bicyclic) bond motifs is 1. The number of rotatable bonds is 2. The fraction of sp³-hybridized carbons (Fsp3) is 0.538. The van der Waals surface area contributed by atoms with E-state index in [9.17, 15) is 5.11 Å². The van der Waals surface area contributed by atoms with E-state index >= 15 is 0 Å². The molecule has 0 fully saturated rings. The molecule has 0 bridgehead atoms. The fourth-order valence-electron chi connectivity index (χ4n) is 2.42. The first-order valence-electron chi connectivity index (χ1n) is 5.97. The van der Waals surface area contributed by atoms with Crippen LogP contribution in [0.5, 0.6) is 0 Å². The van der Waals surface area contributed by atoms with Crippen LogP contribution in [0.2, 0.25) is 0 Å². The van der Waals surface area contributed by atoms with Gasteiger partial charge in [0, 0.05) is 16.2 Å². The molecule has 3 heteroatoms. The van der Waals surface area contributed by atoms with E-state index in [-0.39, 0.29) is 0 Å². The van der Waals surface area contributed by atoms with E-state index in [1.807, 2.05) is 6.08 Å². The van der Waals surface area contributed by atoms with Crippen LogP contribution in [0.25, 0.3) is 0 Å². The molecule has 1 aliphatic carbocycles. The summed E-state index contributed by atoms with van der Waals surface area (Å²) in [5.41, 5.74) is 1.45. The molecule has 3 rings (SSSR count). The molecule has 1 atom stereocenters. The maximum Gasteiger partial charge on any atom is 0.145 e. The highest BCUT2D eigenvalue weighted by atomic mass is 32.1. The third-order valence-corrected chi connectivity index (χ3v) is 4.58. The minimum absolute atomic E-state index is 0.530. The molecule has 2 nitrogen and oxygen atoms in total. The van der Waals surface area contributed by atoms with Crippen molar-refractivity contribution in [1.29, 1.82) is 0 Å². The fourth-order valence-corrected chi connectivity index (χ4v) is 3.67. The van der Waals surface area contributed by atoms with Crippen molar-refractivity contribution in [2.24, 2.45) is 0 Å². The van der Waals surface area contributed by atoms with Crippen molar-refractivity contribution in [3.63, 3.8) is 0 Å². The van der Waals surface area contributed by atoms with Gasteiger partial charge in [-0.15, -0.1) is 11.3 Å². The minimum atomic E-state index is -0.530. The van der Waals surface area contributed by atoms with Crippen molar-refractivity contribution in [3.8, 4) is 0 Å². The van der Waals surface area contributed by atoms with Gasteiger partial charge in [0.1, 0.15) is 11.9 Å². The molecule has 2 heterocycles. The van der Waals surface area contributed by atoms with E-state index in [1.165, 1.54) is 36.1 Å². The molecule has 1 unspecified atom stereocenters. The van der Waals surface area contributed by atoms with E-state index in [1.54, 1.807) is 11.3 Å². The first-order chi connectivity index (χ1) is 7.84. The molecule has 0 saturated heterocycles. The Labute approximate surface area is 99.6 Å². The number of aryl methyl sites for hydroxylation is 2. The monoisotopic (exact) mass is 236 g/mol. The molecule has 1 aromatic heterocycles. The Morgan fingerprint density at radius 1 is 1.31 bits per heavy atom. The van der Waals surface area contributed by atoms with Gasteiger partial charge in [0.15, 0.2) is 0 Å². The first-order valence-corrected chi connectivity index (χ1v) is 6.78. The molecule has 0 radical (unpaired) electrons. The van der Waals surface area contributed by atoms with Gasteiger partial charge in [0.2, 0.25) is 0 Å². The number of hydrogen-bond acceptors (Lipinski definition) is 3. The standard InChI is InChI=1S/C13H16O2S/c14-13(10-5-3-7-15-10)12-8-9-4-1-2-6-11(9)16-12/h5,8,13-14H,1-4,6-7H2. The zero-order valence-corrected chi connectivity index (χ0v) is 10.1. The summed E-state index contributed by atoms with van der Waals surface area (Å²) in [4.78, 5) is 2.53. The first kappa shape index (κ1) is 10.4. The molecule has 0 amide bonds. The van der Waals surface area contributed by atoms with Gasteiger partial charge in [-0.05, 0) is 43.4 Å². The normalized spacial score (nSPS) is 21.2. The summed E-state index contributed by atoms with van der Waals surface area (Å²) in [6.45, 7) is 0.720. The third kappa shape index (κ3) is 1.78. The average Bonchev–Trinajstić information content (AvgIpc) is 2.97. The van der Waals surface area contributed by atoms with Crippen LogP contribution in [0.3, 0.4) is 0 Å². The molecule has 86 valence electrons. The zero-order chi connectivity index (χ0) is 11.0. The van der Waals surface area contributed by atoms with Gasteiger partial charge in [-0.3, -0.25) is 0 Å². The average molecular weight is 236 g/mol. The van der Waals surface area contributed by atoms with E-state index in [2.05, 4.69) is 6.07 Å². The van der Waals surface area contributed by atoms with Gasteiger partial charge >= 0.3 is 0 Å². The van der Waals surface area contributed by atoms with E-state index in [0.717, 1.165) is 23.7 Å². The highest BCUT2D eigenvalue weighted by molar-refractivity contribution is 7.12. The summed E-state index contributed by atoms with van der Waals surface area (Å²) in [5, 5.41) is 10.2. The highest BCUT2D eigenvalue weighted by Gasteiger charge is 2.22. The van der Waals surface area contributed by atoms with E-state index in [0.29, 0.717) is 0 Å². The molecule has 1 aliphatic heterocycles. The molecule has 1 N–H and O–H groups in total. The lowest BCUT2D eigenvalue weighted by molar-refractivity contribution is 0.121. The lowest BCUT2D eigenvalue weighted by Crippen LogP contribution is -1.99. The molecule has 0 saturated carbocycles. The Kier molecular flexibility index (Phi) is 2.74. The van der Waals surface area contributed by atoms with Crippen molar-refractivity contribution < 1.29 is 9.84 Å². The van der Waals surface area contributed by atoms with Crippen molar-refractivity contribution in [2.45, 2.75) is 38.2 Å². The van der Waals surface area contributed by atoms with Crippen LogP contribution in [0.4, 0.5) is 0 Å². The van der Waals surface area contributed by atoms with Gasteiger partial charge < -0.3 is 9.84 Å². The Morgan fingerprint density at radius 3 is 2.94 bits per heavy atom. The summed E-state index contributed by atoms with van der Waals surface area (Å²) < 4.78 is 5.42. The van der Waals surface area contributed by atoms with Gasteiger partial charge in [0.05, 0.1) is 6.61 Å². The Bertz CT molecular complexity index is 396. The minimum Gasteiger partial charge on any atom is -0.495 e. The summed E-state index contributed by atoms with van der Waals surface area (Å²) in [6, 6.07) is 2.17. The number of ether oxygens (including phenoxy) is 1. The van der Waals surface area contributed by atoms with Crippen molar-refractivity contribution in [1.82, 2.24) is 0 Å². The van der Waals surface area contributed by atoms with Gasteiger partial charge in [-0.1, -0.05) is 0 Å². The summed E-state index contributed by atoms with van der Waals surface area (Å²) in [6.07, 6.45) is 7.35. The second-order valence-corrected chi connectivity index (χ2v) is 5.62. The summed E-state index contributed by atoms with van der Waals surface area (Å²) >= 11 is 1.76. The van der Waals surface area contributed by atoms with Crippen molar-refractivity contribution in [2.75, 3.05) is 6.61 Å². The van der Waals surface area contributed by atoms with Gasteiger partial charge in [-0.2, -0.15) is 0 Å². The lowest BCUT2D eigenvalue weighted by atomic mass is 9.99. The van der Waals surface area contributed by atoms with Crippen molar-refractivity contribution in [3.05, 3.63) is 33.2 Å². The summed E-state index contributed by atoms with van der Waals surface area (Å²) in [5.74, 6) is 0.749. The largest absolute Gasteiger partial charge is 0.495 e. The Hall–Kier alpha value is -0.800. The molecule has 1 aromatic rings. The molecule has 0 spiro atoms. The zero-order valence-electron chi connectivity index (χ0n) is 9.24. The SMILES string of the molecule is OC(C1=CCCO1)c1cc2c(s1)CCCC2. The Balaban J connectivity index is 1.85. The predicted molar refractivity (Wildman–Crippen MR) is 64.6 cm³/mol. The lowest BCUT2D eigenvalue weighted by Gasteiger charge is -2.09. The topological polar surface area (TPSA) is 29.5 Å². The van der Waals surface area contributed by atoms with Crippen LogP contribution in [-0.4, -0.2) is 11.7 Å². The molecular weight excluding hydrogens is 220 g/mol. The van der Waals surface area contributed by atoms with E-state index in [4.69, 9.17) is 4.74 Å². The molecular formula is C13H16O2S. The number of aliphatic hydroxyl groups excluding tert-OH is 1. The van der Waals surface area contributed by atoms with Crippen LogP contribution in [-0.2, 0) is 17.6 Å². The van der Waals surface area contributed by atoms with Crippen LogP contribution in [0.15, 0.2) is 17.9 Å². The Morgan fingerprint density at radius 2 is 2.19 bits per heavy atom. The van der Waals surface area contributed by atoms with Crippen LogP contribution in [0, 0.1) is 0 Å². The van der Waals surface area contributed by atoms with Gasteiger partial charge in [0.25, 0.3) is 0 Å².